The molecule has 0 radical (unpaired) electrons. The van der Waals surface area contributed by atoms with Gasteiger partial charge in [-0.05, 0) is 41.0 Å². The van der Waals surface area contributed by atoms with Crippen molar-refractivity contribution in [1.82, 2.24) is 10.6 Å². The van der Waals surface area contributed by atoms with Crippen molar-refractivity contribution in [3.63, 3.8) is 0 Å². The monoisotopic (exact) mass is 464 g/mol. The van der Waals surface area contributed by atoms with Crippen molar-refractivity contribution >= 4 is 18.0 Å². The summed E-state index contributed by atoms with van der Waals surface area (Å²) >= 11 is 0. The Morgan fingerprint density at radius 1 is 1.03 bits per heavy atom. The molecule has 180 valence electrons. The summed E-state index contributed by atoms with van der Waals surface area (Å²) in [5, 5.41) is 15.0. The Morgan fingerprint density at radius 3 is 2.12 bits per heavy atom. The maximum atomic E-state index is 13.2. The minimum absolute atomic E-state index is 0.0756. The van der Waals surface area contributed by atoms with E-state index in [4.69, 9.17) is 4.74 Å². The summed E-state index contributed by atoms with van der Waals surface area (Å²) in [6, 6.07) is 15.2. The lowest BCUT2D eigenvalue weighted by molar-refractivity contribution is -0.144. The molecule has 0 spiro atoms. The zero-order valence-corrected chi connectivity index (χ0v) is 19.7. The maximum Gasteiger partial charge on any atom is 0.408 e. The number of carboxylic acid groups (broad SMARTS) is 1. The molecule has 1 unspecified atom stereocenters. The van der Waals surface area contributed by atoms with Gasteiger partial charge in [0.25, 0.3) is 0 Å². The first-order valence-electron chi connectivity index (χ1n) is 12.0. The molecule has 0 aromatic heterocycles. The topological polar surface area (TPSA) is 105 Å². The molecule has 0 heterocycles. The number of amides is 2. The normalized spacial score (nSPS) is 17.8. The van der Waals surface area contributed by atoms with Crippen LogP contribution < -0.4 is 10.6 Å². The van der Waals surface area contributed by atoms with E-state index in [0.717, 1.165) is 35.1 Å². The average molecular weight is 465 g/mol. The molecule has 0 bridgehead atoms. The molecule has 2 atom stereocenters. The smallest absolute Gasteiger partial charge is 0.408 e. The number of rotatable bonds is 8. The van der Waals surface area contributed by atoms with Crippen LogP contribution in [0.5, 0.6) is 0 Å². The van der Waals surface area contributed by atoms with Gasteiger partial charge in [0, 0.05) is 5.92 Å². The molecule has 0 saturated heterocycles. The van der Waals surface area contributed by atoms with Crippen LogP contribution in [0.2, 0.25) is 0 Å². The van der Waals surface area contributed by atoms with Crippen LogP contribution in [0.1, 0.15) is 63.0 Å². The van der Waals surface area contributed by atoms with Crippen LogP contribution in [0, 0.1) is 5.92 Å². The van der Waals surface area contributed by atoms with Gasteiger partial charge in [-0.2, -0.15) is 0 Å². The molecule has 7 nitrogen and oxygen atoms in total. The fourth-order valence-electron chi connectivity index (χ4n) is 5.18. The summed E-state index contributed by atoms with van der Waals surface area (Å²) in [5.41, 5.74) is 3.36. The molecule has 1 saturated carbocycles. The van der Waals surface area contributed by atoms with Gasteiger partial charge in [-0.1, -0.05) is 81.6 Å². The first kappa shape index (κ1) is 23.8. The summed E-state index contributed by atoms with van der Waals surface area (Å²) in [6.07, 6.45) is 2.42. The number of benzene rings is 2. The van der Waals surface area contributed by atoms with Gasteiger partial charge in [0.2, 0.25) is 5.91 Å². The second kappa shape index (κ2) is 9.87. The van der Waals surface area contributed by atoms with E-state index in [2.05, 4.69) is 22.8 Å². The number of carboxylic acids is 1. The third-order valence-corrected chi connectivity index (χ3v) is 7.34. The van der Waals surface area contributed by atoms with Crippen molar-refractivity contribution in [1.29, 1.82) is 0 Å². The van der Waals surface area contributed by atoms with Crippen LogP contribution in [0.25, 0.3) is 11.1 Å². The lowest BCUT2D eigenvalue weighted by Crippen LogP contribution is -2.60. The van der Waals surface area contributed by atoms with E-state index < -0.39 is 29.6 Å². The molecule has 2 aliphatic carbocycles. The van der Waals surface area contributed by atoms with Gasteiger partial charge >= 0.3 is 12.1 Å². The summed E-state index contributed by atoms with van der Waals surface area (Å²) < 4.78 is 5.65. The maximum absolute atomic E-state index is 13.2. The van der Waals surface area contributed by atoms with Crippen molar-refractivity contribution in [2.75, 3.05) is 6.61 Å². The van der Waals surface area contributed by atoms with Crippen molar-refractivity contribution in [3.8, 4) is 11.1 Å². The number of fused-ring (bicyclic) bond motifs is 3. The van der Waals surface area contributed by atoms with Crippen molar-refractivity contribution in [2.45, 2.75) is 63.5 Å². The number of nitrogens with one attached hydrogen (secondary N) is 2. The molecule has 4 rings (SSSR count). The Labute approximate surface area is 199 Å². The molecule has 2 aromatic carbocycles. The highest BCUT2D eigenvalue weighted by Crippen LogP contribution is 2.44. The number of ether oxygens (including phenoxy) is 1. The van der Waals surface area contributed by atoms with Crippen LogP contribution in [0.4, 0.5) is 4.79 Å². The molecule has 3 N–H and O–H groups in total. The zero-order chi connectivity index (χ0) is 24.3. The minimum Gasteiger partial charge on any atom is -0.480 e. The number of hydrogen-bond donors (Lipinski definition) is 3. The quantitative estimate of drug-likeness (QED) is 0.535. The van der Waals surface area contributed by atoms with Crippen molar-refractivity contribution in [3.05, 3.63) is 59.7 Å². The van der Waals surface area contributed by atoms with Crippen LogP contribution in [-0.4, -0.2) is 41.3 Å². The molecule has 34 heavy (non-hydrogen) atoms. The second-order valence-corrected chi connectivity index (χ2v) is 9.41. The first-order chi connectivity index (χ1) is 16.4. The van der Waals surface area contributed by atoms with Gasteiger partial charge in [0.05, 0.1) is 0 Å². The zero-order valence-electron chi connectivity index (χ0n) is 19.7. The Morgan fingerprint density at radius 2 is 1.59 bits per heavy atom. The highest BCUT2D eigenvalue weighted by atomic mass is 16.5. The number of carbonyl (C=O) groups is 3. The molecule has 2 amide bonds. The van der Waals surface area contributed by atoms with E-state index in [1.807, 2.05) is 43.3 Å². The number of alkyl carbamates (subject to hydrolysis) is 1. The van der Waals surface area contributed by atoms with Crippen LogP contribution in [0.3, 0.4) is 0 Å². The summed E-state index contributed by atoms with van der Waals surface area (Å²) in [4.78, 5) is 37.8. The van der Waals surface area contributed by atoms with Gasteiger partial charge in [0.15, 0.2) is 0 Å². The molecule has 7 heteroatoms. The highest BCUT2D eigenvalue weighted by Gasteiger charge is 2.45. The molecule has 1 fully saturated rings. The predicted molar refractivity (Wildman–Crippen MR) is 128 cm³/mol. The fraction of sp³-hybridized carbons (Fsp3) is 0.444. The third-order valence-electron chi connectivity index (χ3n) is 7.34. The summed E-state index contributed by atoms with van der Waals surface area (Å²) in [5.74, 6) is -1.83. The average Bonchev–Trinajstić information content (AvgIpc) is 3.44. The van der Waals surface area contributed by atoms with E-state index >= 15 is 0 Å². The molecule has 2 aromatic rings. The summed E-state index contributed by atoms with van der Waals surface area (Å²) in [6.45, 7) is 3.83. The lowest BCUT2D eigenvalue weighted by atomic mass is 9.93. The lowest BCUT2D eigenvalue weighted by Gasteiger charge is -2.31. The fourth-order valence-corrected chi connectivity index (χ4v) is 5.18. The largest absolute Gasteiger partial charge is 0.480 e. The van der Waals surface area contributed by atoms with Gasteiger partial charge in [-0.25, -0.2) is 9.59 Å². The van der Waals surface area contributed by atoms with Gasteiger partial charge in [-0.15, -0.1) is 0 Å². The number of aliphatic carboxylic acids is 1. The Hall–Kier alpha value is -3.35. The van der Waals surface area contributed by atoms with Crippen LogP contribution >= 0.6 is 0 Å². The molecule has 0 aliphatic heterocycles. The van der Waals surface area contributed by atoms with E-state index in [-0.39, 0.29) is 18.4 Å². The molecular formula is C27H32N2O5. The SMILES string of the molecule is CCC(C)[C@H](NC(=O)C1(NC(=O)OCC2c3ccccc3-c3ccccc32)CCCC1)C(=O)O. The third kappa shape index (κ3) is 4.52. The van der Waals surface area contributed by atoms with E-state index in [1.54, 1.807) is 6.92 Å². The van der Waals surface area contributed by atoms with Crippen molar-refractivity contribution in [2.24, 2.45) is 5.92 Å². The molecule has 2 aliphatic rings. The van der Waals surface area contributed by atoms with Gasteiger partial charge in [-0.3, -0.25) is 4.79 Å². The molecular weight excluding hydrogens is 432 g/mol. The Balaban J connectivity index is 1.45. The second-order valence-electron chi connectivity index (χ2n) is 9.41. The summed E-state index contributed by atoms with van der Waals surface area (Å²) in [7, 11) is 0. The standard InChI is InChI=1S/C27H32N2O5/c1-3-17(2)23(24(30)31)28-25(32)27(14-8-9-15-27)29-26(33)34-16-22-20-12-6-4-10-18(20)19-11-5-7-13-21(19)22/h4-7,10-13,17,22-23H,3,8-9,14-16H2,1-2H3,(H,28,32)(H,29,33)(H,30,31)/t17?,23-/m0/s1. The number of hydrogen-bond acceptors (Lipinski definition) is 4. The predicted octanol–water partition coefficient (Wildman–Crippen LogP) is 4.45. The van der Waals surface area contributed by atoms with Gasteiger partial charge in [0.1, 0.15) is 18.2 Å². The van der Waals surface area contributed by atoms with Crippen molar-refractivity contribution < 1.29 is 24.2 Å². The Bertz CT molecular complexity index is 1030. The number of carbonyl (C=O) groups excluding carboxylic acids is 2. The van der Waals surface area contributed by atoms with E-state index in [9.17, 15) is 19.5 Å². The van der Waals surface area contributed by atoms with E-state index in [0.29, 0.717) is 19.3 Å². The highest BCUT2D eigenvalue weighted by molar-refractivity contribution is 5.93. The van der Waals surface area contributed by atoms with Gasteiger partial charge < -0.3 is 20.5 Å². The Kier molecular flexibility index (Phi) is 6.91. The minimum atomic E-state index is -1.15. The van der Waals surface area contributed by atoms with E-state index in [1.165, 1.54) is 0 Å². The van der Waals surface area contributed by atoms with Crippen LogP contribution in [0.15, 0.2) is 48.5 Å². The first-order valence-corrected chi connectivity index (χ1v) is 12.0. The van der Waals surface area contributed by atoms with Crippen LogP contribution in [-0.2, 0) is 14.3 Å².